The molecule has 0 saturated carbocycles. The number of hydrogen-bond acceptors (Lipinski definition) is 3. The molecular formula is C25H21N3O2. The van der Waals surface area contributed by atoms with E-state index in [0.717, 1.165) is 22.6 Å². The highest BCUT2D eigenvalue weighted by molar-refractivity contribution is 5.86. The van der Waals surface area contributed by atoms with Crippen LogP contribution in [0.3, 0.4) is 0 Å². The van der Waals surface area contributed by atoms with Crippen LogP contribution in [0.4, 0.5) is 0 Å². The maximum atomic E-state index is 12.7. The van der Waals surface area contributed by atoms with Gasteiger partial charge in [-0.1, -0.05) is 54.6 Å². The van der Waals surface area contributed by atoms with Gasteiger partial charge in [0.2, 0.25) is 5.91 Å². The maximum Gasteiger partial charge on any atom is 0.240 e. The Hall–Kier alpha value is -3.86. The van der Waals surface area contributed by atoms with Crippen molar-refractivity contribution in [2.45, 2.75) is 19.5 Å². The summed E-state index contributed by atoms with van der Waals surface area (Å²) in [5.41, 5.74) is 3.05. The maximum absolute atomic E-state index is 12.7. The highest BCUT2D eigenvalue weighted by atomic mass is 16.3. The van der Waals surface area contributed by atoms with Gasteiger partial charge in [-0.3, -0.25) is 4.79 Å². The Morgan fingerprint density at radius 3 is 2.67 bits per heavy atom. The van der Waals surface area contributed by atoms with Crippen LogP contribution in [0.5, 0.6) is 0 Å². The molecular weight excluding hydrogens is 374 g/mol. The first kappa shape index (κ1) is 18.2. The standard InChI is InChI=1S/C25H21N3O2/c29-25(26-16-20-10-6-14-30-20)17-28-23-13-4-3-12-22(23)27-24(28)15-19-9-5-8-18-7-1-2-11-21(18)19/h1-14H,15-17H2,(H,26,29). The molecule has 30 heavy (non-hydrogen) atoms. The number of imidazole rings is 1. The molecule has 0 aliphatic heterocycles. The summed E-state index contributed by atoms with van der Waals surface area (Å²) in [6.45, 7) is 0.582. The van der Waals surface area contributed by atoms with Crippen LogP contribution in [0.1, 0.15) is 17.1 Å². The average molecular weight is 395 g/mol. The lowest BCUT2D eigenvalue weighted by Crippen LogP contribution is -2.27. The highest BCUT2D eigenvalue weighted by Crippen LogP contribution is 2.23. The Balaban J connectivity index is 1.47. The molecule has 0 radical (unpaired) electrons. The molecule has 1 amide bonds. The van der Waals surface area contributed by atoms with E-state index in [9.17, 15) is 4.79 Å². The van der Waals surface area contributed by atoms with Gasteiger partial charge in [0.15, 0.2) is 0 Å². The largest absolute Gasteiger partial charge is 0.467 e. The summed E-state index contributed by atoms with van der Waals surface area (Å²) in [6.07, 6.45) is 2.26. The van der Waals surface area contributed by atoms with Gasteiger partial charge in [-0.2, -0.15) is 0 Å². The van der Waals surface area contributed by atoms with Crippen LogP contribution in [-0.2, 0) is 24.3 Å². The fourth-order valence-electron chi connectivity index (χ4n) is 3.85. The number of aromatic nitrogens is 2. The van der Waals surface area contributed by atoms with Crippen molar-refractivity contribution in [2.24, 2.45) is 0 Å². The average Bonchev–Trinajstić information content (AvgIpc) is 3.41. The zero-order valence-corrected chi connectivity index (χ0v) is 16.4. The number of para-hydroxylation sites is 2. The summed E-state index contributed by atoms with van der Waals surface area (Å²) in [5, 5.41) is 5.34. The zero-order valence-electron chi connectivity index (χ0n) is 16.4. The summed E-state index contributed by atoms with van der Waals surface area (Å²) < 4.78 is 7.31. The van der Waals surface area contributed by atoms with Gasteiger partial charge in [-0.05, 0) is 40.6 Å². The minimum atomic E-state index is -0.0753. The number of amides is 1. The molecule has 1 N–H and O–H groups in total. The summed E-state index contributed by atoms with van der Waals surface area (Å²) >= 11 is 0. The van der Waals surface area contributed by atoms with E-state index in [1.165, 1.54) is 16.3 Å². The minimum absolute atomic E-state index is 0.0753. The van der Waals surface area contributed by atoms with Crippen molar-refractivity contribution < 1.29 is 9.21 Å². The summed E-state index contributed by atoms with van der Waals surface area (Å²) in [5.74, 6) is 1.53. The van der Waals surface area contributed by atoms with E-state index in [1.54, 1.807) is 6.26 Å². The number of nitrogens with one attached hydrogen (secondary N) is 1. The molecule has 5 nitrogen and oxygen atoms in total. The van der Waals surface area contributed by atoms with Gasteiger partial charge in [0, 0.05) is 6.42 Å². The monoisotopic (exact) mass is 395 g/mol. The zero-order chi connectivity index (χ0) is 20.3. The van der Waals surface area contributed by atoms with Crippen molar-refractivity contribution in [3.63, 3.8) is 0 Å². The lowest BCUT2D eigenvalue weighted by atomic mass is 10.0. The summed E-state index contributed by atoms with van der Waals surface area (Å²) in [4.78, 5) is 17.5. The fraction of sp³-hybridized carbons (Fsp3) is 0.120. The van der Waals surface area contributed by atoms with Crippen LogP contribution in [0.2, 0.25) is 0 Å². The molecule has 0 spiro atoms. The first-order valence-corrected chi connectivity index (χ1v) is 9.98. The second kappa shape index (κ2) is 7.87. The number of hydrogen-bond donors (Lipinski definition) is 1. The van der Waals surface area contributed by atoms with Gasteiger partial charge in [0.05, 0.1) is 23.8 Å². The Bertz CT molecular complexity index is 1310. The normalized spacial score (nSPS) is 11.2. The first-order chi connectivity index (χ1) is 14.8. The van der Waals surface area contributed by atoms with Crippen molar-refractivity contribution in [3.05, 3.63) is 102 Å². The highest BCUT2D eigenvalue weighted by Gasteiger charge is 2.15. The first-order valence-electron chi connectivity index (χ1n) is 9.98. The SMILES string of the molecule is O=C(Cn1c(Cc2cccc3ccccc23)nc2ccccc21)NCc1ccco1. The molecule has 0 aliphatic carbocycles. The minimum Gasteiger partial charge on any atom is -0.467 e. The van der Waals surface area contributed by atoms with Crippen LogP contribution in [0, 0.1) is 0 Å². The van der Waals surface area contributed by atoms with Crippen LogP contribution in [-0.4, -0.2) is 15.5 Å². The van der Waals surface area contributed by atoms with E-state index in [1.807, 2.05) is 47.0 Å². The van der Waals surface area contributed by atoms with Gasteiger partial charge in [0.1, 0.15) is 18.1 Å². The molecule has 0 saturated heterocycles. The molecule has 5 rings (SSSR count). The molecule has 0 fully saturated rings. The van der Waals surface area contributed by atoms with E-state index in [-0.39, 0.29) is 12.5 Å². The van der Waals surface area contributed by atoms with Crippen molar-refractivity contribution >= 4 is 27.7 Å². The van der Waals surface area contributed by atoms with Crippen LogP contribution in [0.15, 0.2) is 89.5 Å². The molecule has 2 aromatic heterocycles. The molecule has 148 valence electrons. The second-order valence-electron chi connectivity index (χ2n) is 7.27. The third-order valence-electron chi connectivity index (χ3n) is 5.30. The lowest BCUT2D eigenvalue weighted by Gasteiger charge is -2.11. The molecule has 2 heterocycles. The third-order valence-corrected chi connectivity index (χ3v) is 5.30. The van der Waals surface area contributed by atoms with Gasteiger partial charge in [0.25, 0.3) is 0 Å². The Kier molecular flexibility index (Phi) is 4.77. The van der Waals surface area contributed by atoms with Crippen LogP contribution in [0.25, 0.3) is 21.8 Å². The van der Waals surface area contributed by atoms with Crippen LogP contribution < -0.4 is 5.32 Å². The van der Waals surface area contributed by atoms with E-state index in [0.29, 0.717) is 13.0 Å². The number of nitrogens with zero attached hydrogens (tertiary/aromatic N) is 2. The van der Waals surface area contributed by atoms with Gasteiger partial charge < -0.3 is 14.3 Å². The molecule has 5 aromatic rings. The summed E-state index contributed by atoms with van der Waals surface area (Å²) in [7, 11) is 0. The molecule has 0 unspecified atom stereocenters. The molecule has 0 aliphatic rings. The number of carbonyl (C=O) groups is 1. The fourth-order valence-corrected chi connectivity index (χ4v) is 3.85. The number of rotatable bonds is 6. The van der Waals surface area contributed by atoms with E-state index in [2.05, 4.69) is 41.7 Å². The van der Waals surface area contributed by atoms with Crippen molar-refractivity contribution in [1.82, 2.24) is 14.9 Å². The third kappa shape index (κ3) is 3.57. The second-order valence-corrected chi connectivity index (χ2v) is 7.27. The van der Waals surface area contributed by atoms with Gasteiger partial charge in [-0.25, -0.2) is 4.98 Å². The van der Waals surface area contributed by atoms with E-state index >= 15 is 0 Å². The Morgan fingerprint density at radius 1 is 0.933 bits per heavy atom. The van der Waals surface area contributed by atoms with Gasteiger partial charge in [-0.15, -0.1) is 0 Å². The van der Waals surface area contributed by atoms with Crippen molar-refractivity contribution in [3.8, 4) is 0 Å². The van der Waals surface area contributed by atoms with E-state index in [4.69, 9.17) is 9.40 Å². The molecule has 0 atom stereocenters. The topological polar surface area (TPSA) is 60.1 Å². The van der Waals surface area contributed by atoms with E-state index < -0.39 is 0 Å². The predicted molar refractivity (Wildman–Crippen MR) is 117 cm³/mol. The smallest absolute Gasteiger partial charge is 0.240 e. The quantitative estimate of drug-likeness (QED) is 0.454. The molecule has 0 bridgehead atoms. The Morgan fingerprint density at radius 2 is 1.77 bits per heavy atom. The van der Waals surface area contributed by atoms with Crippen molar-refractivity contribution in [2.75, 3.05) is 0 Å². The predicted octanol–water partition coefficient (Wildman–Crippen LogP) is 4.69. The van der Waals surface area contributed by atoms with Crippen molar-refractivity contribution in [1.29, 1.82) is 0 Å². The molecule has 5 heteroatoms. The number of benzene rings is 3. The number of fused-ring (bicyclic) bond motifs is 2. The lowest BCUT2D eigenvalue weighted by molar-refractivity contribution is -0.121. The Labute approximate surface area is 174 Å². The van der Waals surface area contributed by atoms with Gasteiger partial charge >= 0.3 is 0 Å². The number of carbonyl (C=O) groups excluding carboxylic acids is 1. The molecule has 3 aromatic carbocycles. The van der Waals surface area contributed by atoms with Crippen LogP contribution >= 0.6 is 0 Å². The summed E-state index contributed by atoms with van der Waals surface area (Å²) in [6, 6.07) is 26.3. The number of furan rings is 1.